The van der Waals surface area contributed by atoms with E-state index in [1.54, 1.807) is 0 Å². The number of carbonyl (C=O) groups is 1. The molecule has 0 aliphatic carbocycles. The Bertz CT molecular complexity index is 372. The van der Waals surface area contributed by atoms with Gasteiger partial charge in [-0.05, 0) is 50.1 Å². The fourth-order valence-electron chi connectivity index (χ4n) is 2.07. The normalized spacial score (nSPS) is 19.2. The van der Waals surface area contributed by atoms with Gasteiger partial charge in [-0.1, -0.05) is 15.9 Å². The Morgan fingerprint density at radius 3 is 2.82 bits per heavy atom. The van der Waals surface area contributed by atoms with Gasteiger partial charge in [0.05, 0.1) is 0 Å². The third-order valence-corrected chi connectivity index (χ3v) is 3.58. The first-order valence-electron chi connectivity index (χ1n) is 6.03. The molecule has 1 saturated heterocycles. The highest BCUT2D eigenvalue weighted by atomic mass is 79.9. The van der Waals surface area contributed by atoms with Crippen LogP contribution in [-0.2, 0) is 0 Å². The lowest BCUT2D eigenvalue weighted by Gasteiger charge is -2.10. The zero-order valence-corrected chi connectivity index (χ0v) is 11.3. The molecule has 4 heteroatoms. The summed E-state index contributed by atoms with van der Waals surface area (Å²) in [5, 5.41) is 6.37. The van der Waals surface area contributed by atoms with E-state index < -0.39 is 0 Å². The van der Waals surface area contributed by atoms with E-state index in [0.717, 1.165) is 24.0 Å². The first kappa shape index (κ1) is 12.6. The molecule has 3 nitrogen and oxygen atoms in total. The van der Waals surface area contributed by atoms with Crippen LogP contribution < -0.4 is 10.6 Å². The zero-order chi connectivity index (χ0) is 12.1. The number of rotatable bonds is 4. The number of halogens is 1. The molecule has 1 amide bonds. The number of hydrogen-bond donors (Lipinski definition) is 2. The van der Waals surface area contributed by atoms with Gasteiger partial charge in [0.15, 0.2) is 0 Å². The first-order valence-corrected chi connectivity index (χ1v) is 6.82. The fraction of sp³-hybridized carbons (Fsp3) is 0.462. The second-order valence-electron chi connectivity index (χ2n) is 4.34. The maximum absolute atomic E-state index is 11.8. The molecule has 17 heavy (non-hydrogen) atoms. The summed E-state index contributed by atoms with van der Waals surface area (Å²) in [6, 6.07) is 8.00. The summed E-state index contributed by atoms with van der Waals surface area (Å²) in [4.78, 5) is 11.8. The largest absolute Gasteiger partial charge is 0.352 e. The summed E-state index contributed by atoms with van der Waals surface area (Å²) in [5.41, 5.74) is 0.715. The Hall–Kier alpha value is -0.870. The first-order chi connectivity index (χ1) is 8.25. The van der Waals surface area contributed by atoms with Crippen LogP contribution in [-0.4, -0.2) is 25.0 Å². The Morgan fingerprint density at radius 2 is 2.18 bits per heavy atom. The Balaban J connectivity index is 1.75. The molecule has 1 aliphatic rings. The molecule has 2 N–H and O–H groups in total. The fourth-order valence-corrected chi connectivity index (χ4v) is 2.33. The summed E-state index contributed by atoms with van der Waals surface area (Å²) in [6.45, 7) is 1.86. The highest BCUT2D eigenvalue weighted by Gasteiger charge is 2.13. The number of hydrogen-bond acceptors (Lipinski definition) is 2. The molecule has 92 valence electrons. The van der Waals surface area contributed by atoms with E-state index in [4.69, 9.17) is 0 Å². The number of nitrogens with one attached hydrogen (secondary N) is 2. The molecular formula is C13H17BrN2O. The molecule has 1 aromatic rings. The Morgan fingerprint density at radius 1 is 1.41 bits per heavy atom. The van der Waals surface area contributed by atoms with Gasteiger partial charge in [0.1, 0.15) is 0 Å². The summed E-state index contributed by atoms with van der Waals surface area (Å²) in [7, 11) is 0. The van der Waals surface area contributed by atoms with Crippen LogP contribution in [0.5, 0.6) is 0 Å². The van der Waals surface area contributed by atoms with Crippen LogP contribution in [0.25, 0.3) is 0 Å². The van der Waals surface area contributed by atoms with Gasteiger partial charge in [0.2, 0.25) is 0 Å². The minimum atomic E-state index is 0.00972. The van der Waals surface area contributed by atoms with Gasteiger partial charge in [-0.25, -0.2) is 0 Å². The molecule has 0 saturated carbocycles. The monoisotopic (exact) mass is 296 g/mol. The molecule has 0 unspecified atom stereocenters. The van der Waals surface area contributed by atoms with E-state index in [2.05, 4.69) is 26.6 Å². The van der Waals surface area contributed by atoms with Crippen LogP contribution in [0.3, 0.4) is 0 Å². The minimum absolute atomic E-state index is 0.00972. The highest BCUT2D eigenvalue weighted by Crippen LogP contribution is 2.11. The van der Waals surface area contributed by atoms with Crippen molar-refractivity contribution >= 4 is 21.8 Å². The van der Waals surface area contributed by atoms with Crippen molar-refractivity contribution in [3.8, 4) is 0 Å². The van der Waals surface area contributed by atoms with E-state index in [9.17, 15) is 4.79 Å². The van der Waals surface area contributed by atoms with Gasteiger partial charge in [0.25, 0.3) is 5.91 Å². The van der Waals surface area contributed by atoms with Gasteiger partial charge in [-0.2, -0.15) is 0 Å². The smallest absolute Gasteiger partial charge is 0.251 e. The zero-order valence-electron chi connectivity index (χ0n) is 9.71. The van der Waals surface area contributed by atoms with Crippen molar-refractivity contribution in [1.29, 1.82) is 0 Å². The quantitative estimate of drug-likeness (QED) is 0.895. The van der Waals surface area contributed by atoms with Crippen LogP contribution in [0.4, 0.5) is 0 Å². The van der Waals surface area contributed by atoms with Crippen molar-refractivity contribution in [3.05, 3.63) is 34.3 Å². The van der Waals surface area contributed by atoms with E-state index in [-0.39, 0.29) is 5.91 Å². The number of carbonyl (C=O) groups excluding carboxylic acids is 1. The van der Waals surface area contributed by atoms with E-state index in [1.807, 2.05) is 24.3 Å². The molecule has 2 rings (SSSR count). The molecule has 0 radical (unpaired) electrons. The highest BCUT2D eigenvalue weighted by molar-refractivity contribution is 9.10. The lowest BCUT2D eigenvalue weighted by Crippen LogP contribution is -2.30. The lowest BCUT2D eigenvalue weighted by atomic mass is 10.1. The van der Waals surface area contributed by atoms with Gasteiger partial charge in [-0.3, -0.25) is 4.79 Å². The van der Waals surface area contributed by atoms with Gasteiger partial charge < -0.3 is 10.6 Å². The maximum Gasteiger partial charge on any atom is 0.251 e. The lowest BCUT2D eigenvalue weighted by molar-refractivity contribution is 0.0952. The molecule has 0 aromatic heterocycles. The molecule has 1 aromatic carbocycles. The minimum Gasteiger partial charge on any atom is -0.352 e. The van der Waals surface area contributed by atoms with Crippen LogP contribution in [0.1, 0.15) is 29.6 Å². The third-order valence-electron chi connectivity index (χ3n) is 3.05. The van der Waals surface area contributed by atoms with Crippen LogP contribution in [0, 0.1) is 0 Å². The average molecular weight is 297 g/mol. The SMILES string of the molecule is O=C(NCC[C@@H]1CCCN1)c1ccc(Br)cc1. The van der Waals surface area contributed by atoms with Crippen molar-refractivity contribution < 1.29 is 4.79 Å². The summed E-state index contributed by atoms with van der Waals surface area (Å²) >= 11 is 3.35. The maximum atomic E-state index is 11.8. The Kier molecular flexibility index (Phi) is 4.57. The summed E-state index contributed by atoms with van der Waals surface area (Å²) < 4.78 is 0.990. The molecule has 1 aliphatic heterocycles. The molecule has 0 spiro atoms. The van der Waals surface area contributed by atoms with Crippen molar-refractivity contribution in [2.24, 2.45) is 0 Å². The van der Waals surface area contributed by atoms with Crippen LogP contribution in [0.15, 0.2) is 28.7 Å². The van der Waals surface area contributed by atoms with Crippen molar-refractivity contribution in [3.63, 3.8) is 0 Å². The molecule has 1 atom stereocenters. The van der Waals surface area contributed by atoms with E-state index >= 15 is 0 Å². The van der Waals surface area contributed by atoms with Gasteiger partial charge >= 0.3 is 0 Å². The Labute approximate surface area is 110 Å². The third kappa shape index (κ3) is 3.82. The summed E-state index contributed by atoms with van der Waals surface area (Å²) in [5.74, 6) is 0.00972. The molecule has 1 heterocycles. The summed E-state index contributed by atoms with van der Waals surface area (Å²) in [6.07, 6.45) is 3.50. The van der Waals surface area contributed by atoms with Crippen molar-refractivity contribution in [2.75, 3.05) is 13.1 Å². The van der Waals surface area contributed by atoms with Crippen LogP contribution >= 0.6 is 15.9 Å². The van der Waals surface area contributed by atoms with Crippen LogP contribution in [0.2, 0.25) is 0 Å². The van der Waals surface area contributed by atoms with E-state index in [1.165, 1.54) is 12.8 Å². The molecule has 0 bridgehead atoms. The van der Waals surface area contributed by atoms with Gasteiger partial charge in [0, 0.05) is 22.6 Å². The average Bonchev–Trinajstić information content (AvgIpc) is 2.83. The number of benzene rings is 1. The topological polar surface area (TPSA) is 41.1 Å². The predicted octanol–water partition coefficient (Wildman–Crippen LogP) is 2.32. The van der Waals surface area contributed by atoms with E-state index in [0.29, 0.717) is 11.6 Å². The van der Waals surface area contributed by atoms with Gasteiger partial charge in [-0.15, -0.1) is 0 Å². The van der Waals surface area contributed by atoms with Crippen molar-refractivity contribution in [2.45, 2.75) is 25.3 Å². The molecular weight excluding hydrogens is 280 g/mol. The standard InChI is InChI=1S/C13H17BrN2O/c14-11-5-3-10(4-6-11)13(17)16-9-7-12-2-1-8-15-12/h3-6,12,15H,1-2,7-9H2,(H,16,17)/t12-/m0/s1. The van der Waals surface area contributed by atoms with Crippen molar-refractivity contribution in [1.82, 2.24) is 10.6 Å². The second kappa shape index (κ2) is 6.17. The number of amides is 1. The second-order valence-corrected chi connectivity index (χ2v) is 5.26. The predicted molar refractivity (Wildman–Crippen MR) is 72.1 cm³/mol. The molecule has 1 fully saturated rings.